The van der Waals surface area contributed by atoms with Crippen LogP contribution < -0.4 is 0 Å². The van der Waals surface area contributed by atoms with E-state index in [1.807, 2.05) is 11.1 Å². The average Bonchev–Trinajstić information content (AvgIpc) is 2.90. The van der Waals surface area contributed by atoms with Crippen molar-refractivity contribution in [3.05, 3.63) is 47.3 Å². The number of halogens is 1. The Bertz CT molecular complexity index is 1030. The Balaban J connectivity index is 2.01. The number of ether oxygens (including phenoxy) is 1. The molecular weight excluding hydrogens is 546 g/mol. The smallest absolute Gasteiger partial charge is 0.414 e. The van der Waals surface area contributed by atoms with Gasteiger partial charge in [-0.2, -0.15) is 0 Å². The highest BCUT2D eigenvalue weighted by Crippen LogP contribution is 2.49. The third kappa shape index (κ3) is 7.15. The van der Waals surface area contributed by atoms with E-state index >= 15 is 0 Å². The zero-order valence-corrected chi connectivity index (χ0v) is 29.0. The van der Waals surface area contributed by atoms with Crippen LogP contribution in [0.25, 0.3) is 0 Å². The van der Waals surface area contributed by atoms with Crippen molar-refractivity contribution in [2.24, 2.45) is 11.8 Å². The van der Waals surface area contributed by atoms with Crippen LogP contribution in [0.4, 0.5) is 4.79 Å². The van der Waals surface area contributed by atoms with E-state index in [2.05, 4.69) is 92.6 Å². The van der Waals surface area contributed by atoms with Crippen molar-refractivity contribution >= 4 is 31.6 Å². The monoisotopic (exact) mass is 601 g/mol. The summed E-state index contributed by atoms with van der Waals surface area (Å²) in [4.78, 5) is 30.0. The van der Waals surface area contributed by atoms with Crippen LogP contribution in [-0.2, 0) is 14.9 Å². The van der Waals surface area contributed by atoms with Crippen LogP contribution in [0.1, 0.15) is 113 Å². The third-order valence-electron chi connectivity index (χ3n) is 10.6. The van der Waals surface area contributed by atoms with Crippen LogP contribution in [0, 0.1) is 11.8 Å². The fraction of sp³-hybridized carbons (Fsp3) is 0.714. The minimum atomic E-state index is -2.26. The molecule has 1 saturated carbocycles. The third-order valence-corrected chi connectivity index (χ3v) is 17.9. The predicted octanol–water partition coefficient (Wildman–Crippen LogP) is 10.1. The summed E-state index contributed by atoms with van der Waals surface area (Å²) in [6.45, 7) is 20.5. The molecule has 41 heavy (non-hydrogen) atoms. The van der Waals surface area contributed by atoms with Crippen molar-refractivity contribution in [1.29, 1.82) is 0 Å². The topological polar surface area (TPSA) is 46.6 Å². The molecule has 1 aromatic rings. The van der Waals surface area contributed by atoms with E-state index in [-0.39, 0.29) is 35.4 Å². The van der Waals surface area contributed by atoms with Gasteiger partial charge in [-0.25, -0.2) is 4.79 Å². The lowest BCUT2D eigenvalue weighted by molar-refractivity contribution is -0.116. The zero-order valence-electron chi connectivity index (χ0n) is 27.2. The van der Waals surface area contributed by atoms with Crippen molar-refractivity contribution < 1.29 is 14.3 Å². The van der Waals surface area contributed by atoms with E-state index in [0.29, 0.717) is 34.8 Å². The lowest BCUT2D eigenvalue weighted by Crippen LogP contribution is -2.54. The molecule has 0 bridgehead atoms. The molecule has 1 fully saturated rings. The van der Waals surface area contributed by atoms with Crippen LogP contribution >= 0.6 is 11.6 Å². The van der Waals surface area contributed by atoms with Gasteiger partial charge in [0.25, 0.3) is 0 Å². The fourth-order valence-electron chi connectivity index (χ4n) is 8.50. The van der Waals surface area contributed by atoms with Crippen molar-refractivity contribution in [2.45, 2.75) is 141 Å². The minimum absolute atomic E-state index is 0.125. The zero-order chi connectivity index (χ0) is 30.5. The largest absolute Gasteiger partial charge is 0.446 e. The SMILES string of the molecule is CC(C)[Si](C1=CN(C(=O)O[C@@H]2C[C@H](C)CC[C@H]2C(C)(C)c2ccccc2)[C@H](CCCCCl)CC1=O)(C(C)C)C(C)C. The summed E-state index contributed by atoms with van der Waals surface area (Å²) in [7, 11) is -2.26. The quantitative estimate of drug-likeness (QED) is 0.144. The van der Waals surface area contributed by atoms with Crippen molar-refractivity contribution in [3.8, 4) is 0 Å². The molecule has 1 aliphatic carbocycles. The summed E-state index contributed by atoms with van der Waals surface area (Å²) in [5.74, 6) is 1.56. The summed E-state index contributed by atoms with van der Waals surface area (Å²) in [6, 6.07) is 10.5. The molecule has 3 rings (SSSR count). The normalized spacial score (nSPS) is 24.3. The molecule has 0 saturated heterocycles. The lowest BCUT2D eigenvalue weighted by atomic mass is 9.64. The summed E-state index contributed by atoms with van der Waals surface area (Å²) >= 11 is 6.01. The first-order chi connectivity index (χ1) is 19.3. The molecule has 0 N–H and O–H groups in total. The summed E-state index contributed by atoms with van der Waals surface area (Å²) < 4.78 is 6.56. The number of unbranched alkanes of at least 4 members (excludes halogenated alkanes) is 1. The molecule has 0 spiro atoms. The first-order valence-corrected chi connectivity index (χ1v) is 18.9. The number of allylic oxidation sites excluding steroid dienone is 1. The van der Waals surface area contributed by atoms with E-state index < -0.39 is 8.07 Å². The molecule has 0 aromatic heterocycles. The molecule has 4 nitrogen and oxygen atoms in total. The number of nitrogens with zero attached hydrogens (tertiary/aromatic N) is 1. The first kappa shape index (κ1) is 33.9. The second-order valence-corrected chi connectivity index (χ2v) is 20.6. The summed E-state index contributed by atoms with van der Waals surface area (Å²) in [5, 5.41) is 0.932. The van der Waals surface area contributed by atoms with Crippen molar-refractivity contribution in [2.75, 3.05) is 5.88 Å². The van der Waals surface area contributed by atoms with Crippen molar-refractivity contribution in [3.63, 3.8) is 0 Å². The molecule has 0 radical (unpaired) electrons. The van der Waals surface area contributed by atoms with Gasteiger partial charge in [0.2, 0.25) is 0 Å². The number of amides is 1. The van der Waals surface area contributed by atoms with Gasteiger partial charge in [-0.05, 0) is 64.4 Å². The Hall–Kier alpha value is -1.59. The van der Waals surface area contributed by atoms with Gasteiger partial charge in [-0.3, -0.25) is 9.69 Å². The molecule has 230 valence electrons. The first-order valence-electron chi connectivity index (χ1n) is 16.1. The van der Waals surface area contributed by atoms with E-state index in [1.165, 1.54) is 5.56 Å². The Kier molecular flexibility index (Phi) is 11.8. The van der Waals surface area contributed by atoms with Crippen molar-refractivity contribution in [1.82, 2.24) is 4.90 Å². The van der Waals surface area contributed by atoms with Gasteiger partial charge in [0.05, 0.1) is 0 Å². The van der Waals surface area contributed by atoms with Gasteiger partial charge in [-0.15, -0.1) is 11.6 Å². The second-order valence-electron chi connectivity index (χ2n) is 14.3. The Labute approximate surface area is 256 Å². The second kappa shape index (κ2) is 14.3. The highest BCUT2D eigenvalue weighted by atomic mass is 35.5. The van der Waals surface area contributed by atoms with Crippen LogP contribution in [-0.4, -0.2) is 42.9 Å². The molecule has 2 aliphatic rings. The molecular formula is C35H56ClNO3Si. The van der Waals surface area contributed by atoms with E-state index in [9.17, 15) is 9.59 Å². The van der Waals surface area contributed by atoms with E-state index in [0.717, 1.165) is 43.7 Å². The van der Waals surface area contributed by atoms with Crippen LogP contribution in [0.2, 0.25) is 16.6 Å². The van der Waals surface area contributed by atoms with E-state index in [4.69, 9.17) is 16.3 Å². The predicted molar refractivity (Wildman–Crippen MR) is 175 cm³/mol. The van der Waals surface area contributed by atoms with Gasteiger partial charge in [0.1, 0.15) is 14.2 Å². The van der Waals surface area contributed by atoms with Gasteiger partial charge in [0, 0.05) is 30.5 Å². The molecule has 4 atom stereocenters. The number of hydrogen-bond acceptors (Lipinski definition) is 3. The summed E-state index contributed by atoms with van der Waals surface area (Å²) in [6.07, 6.45) is 7.47. The number of ketones is 1. The number of hydrogen-bond donors (Lipinski definition) is 0. The maximum Gasteiger partial charge on any atom is 0.414 e. The number of rotatable bonds is 11. The molecule has 6 heteroatoms. The highest BCUT2D eigenvalue weighted by molar-refractivity contribution is 6.93. The number of carbonyl (C=O) groups is 2. The summed E-state index contributed by atoms with van der Waals surface area (Å²) in [5.41, 5.74) is 2.32. The van der Waals surface area contributed by atoms with Gasteiger partial charge in [-0.1, -0.05) is 105 Å². The maximum absolute atomic E-state index is 14.3. The average molecular weight is 602 g/mol. The number of carbonyl (C=O) groups excluding carboxylic acids is 2. The van der Waals surface area contributed by atoms with E-state index in [1.54, 1.807) is 0 Å². The van der Waals surface area contributed by atoms with Crippen LogP contribution in [0.3, 0.4) is 0 Å². The molecule has 1 aliphatic heterocycles. The lowest BCUT2D eigenvalue weighted by Gasteiger charge is -2.48. The number of benzene rings is 1. The number of alkyl halides is 1. The Morgan fingerprint density at radius 3 is 2.20 bits per heavy atom. The van der Waals surface area contributed by atoms with Crippen LogP contribution in [0.15, 0.2) is 41.7 Å². The van der Waals surface area contributed by atoms with Gasteiger partial charge >= 0.3 is 6.09 Å². The molecule has 0 unspecified atom stereocenters. The molecule has 1 heterocycles. The molecule has 1 aromatic carbocycles. The maximum atomic E-state index is 14.3. The van der Waals surface area contributed by atoms with Gasteiger partial charge < -0.3 is 4.74 Å². The van der Waals surface area contributed by atoms with Crippen LogP contribution in [0.5, 0.6) is 0 Å². The number of Topliss-reactive ketones (excluding diaryl/α,β-unsaturated/α-hetero) is 1. The highest BCUT2D eigenvalue weighted by Gasteiger charge is 2.51. The molecule has 1 amide bonds. The van der Waals surface area contributed by atoms with Gasteiger partial charge in [0.15, 0.2) is 5.78 Å². The standard InChI is InChI=1S/C35H56ClNO3Si/c1-24(2)41(25(3)4,26(5)6)33-23-37(29(22-31(33)38)17-13-14-20-36)34(39)40-32-21-27(7)18-19-30(32)35(8,9)28-15-11-10-12-16-28/h10-12,15-16,23-27,29-30,32H,13-14,17-22H2,1-9H3/t27-,29-,30-,32-/m1/s1. The fourth-order valence-corrected chi connectivity index (χ4v) is 15.5. The Morgan fingerprint density at radius 2 is 1.63 bits per heavy atom. The Morgan fingerprint density at radius 1 is 1.02 bits per heavy atom. The minimum Gasteiger partial charge on any atom is -0.446 e.